The van der Waals surface area contributed by atoms with Crippen LogP contribution in [0.15, 0.2) is 12.2 Å². The van der Waals surface area contributed by atoms with Crippen LogP contribution in [0.25, 0.3) is 0 Å². The maximum Gasteiger partial charge on any atom is 0.167 e. The average molecular weight is 392 g/mol. The molecule has 0 radical (unpaired) electrons. The van der Waals surface area contributed by atoms with E-state index in [0.29, 0.717) is 6.42 Å². The largest absolute Gasteiger partial charge is 0.367 e. The van der Waals surface area contributed by atoms with Gasteiger partial charge < -0.3 is 15.9 Å². The molecule has 0 bridgehead atoms. The summed E-state index contributed by atoms with van der Waals surface area (Å²) >= 11 is 0. The molecule has 0 aliphatic heterocycles. The Bertz CT molecular complexity index is 335. The quantitative estimate of drug-likeness (QED) is 0.173. The number of carbonyl (C=O) groups excluding carboxylic acids is 1. The number of ketones is 1. The minimum atomic E-state index is -1.60. The summed E-state index contributed by atoms with van der Waals surface area (Å²) in [5.41, 5.74) is 5.45. The molecule has 26 heavy (non-hydrogen) atoms. The number of carbonyl (C=O) groups is 1. The number of aliphatic hydroxyl groups excluding tert-OH is 1. The van der Waals surface area contributed by atoms with Crippen molar-refractivity contribution in [3.63, 3.8) is 0 Å². The number of halogens is 1. The van der Waals surface area contributed by atoms with Gasteiger partial charge in [-0.1, -0.05) is 70.4 Å². The zero-order valence-electron chi connectivity index (χ0n) is 16.7. The summed E-state index contributed by atoms with van der Waals surface area (Å²) in [6, 6.07) is -0.851. The minimum absolute atomic E-state index is 0. The summed E-state index contributed by atoms with van der Waals surface area (Å²) < 4.78 is 0. The fourth-order valence-electron chi connectivity index (χ4n) is 2.86. The van der Waals surface area contributed by atoms with Crippen LogP contribution in [0.5, 0.6) is 0 Å². The Kier molecular flexibility index (Phi) is 22.3. The van der Waals surface area contributed by atoms with Crippen molar-refractivity contribution < 1.29 is 15.0 Å². The molecule has 0 aromatic carbocycles. The molecule has 0 aromatic rings. The second-order valence-corrected chi connectivity index (χ2v) is 7.15. The van der Waals surface area contributed by atoms with E-state index >= 15 is 0 Å². The summed E-state index contributed by atoms with van der Waals surface area (Å²) in [6.07, 6.45) is 19.7. The highest BCUT2D eigenvalue weighted by molar-refractivity contribution is 5.85. The van der Waals surface area contributed by atoms with Crippen molar-refractivity contribution in [2.45, 2.75) is 116 Å². The Balaban J connectivity index is 0. The Morgan fingerprint density at radius 3 is 1.81 bits per heavy atom. The number of rotatable bonds is 18. The van der Waals surface area contributed by atoms with Gasteiger partial charge in [0.05, 0.1) is 6.04 Å². The van der Waals surface area contributed by atoms with E-state index in [1.807, 2.05) is 0 Å². The molecule has 0 heterocycles. The molecule has 0 saturated carbocycles. The fraction of sp³-hybridized carbons (Fsp3) is 0.857. The van der Waals surface area contributed by atoms with Gasteiger partial charge in [-0.05, 0) is 32.1 Å². The number of hydrogen-bond acceptors (Lipinski definition) is 4. The first-order valence-corrected chi connectivity index (χ1v) is 10.4. The lowest BCUT2D eigenvalue weighted by Gasteiger charge is -2.12. The van der Waals surface area contributed by atoms with E-state index in [1.54, 1.807) is 0 Å². The van der Waals surface area contributed by atoms with E-state index in [0.717, 1.165) is 25.7 Å². The van der Waals surface area contributed by atoms with Crippen molar-refractivity contribution in [2.75, 3.05) is 0 Å². The lowest BCUT2D eigenvalue weighted by atomic mass is 10.0. The second kappa shape index (κ2) is 20.9. The van der Waals surface area contributed by atoms with Crippen LogP contribution in [0.2, 0.25) is 0 Å². The summed E-state index contributed by atoms with van der Waals surface area (Å²) in [6.45, 7) is 2.25. The van der Waals surface area contributed by atoms with Crippen molar-refractivity contribution in [3.8, 4) is 0 Å². The molecule has 0 aromatic heterocycles. The molecule has 0 rings (SSSR count). The maximum absolute atomic E-state index is 11.6. The Hall–Kier alpha value is -0.420. The molecule has 0 amide bonds. The number of allylic oxidation sites excluding steroid dienone is 2. The zero-order valence-corrected chi connectivity index (χ0v) is 17.5. The summed E-state index contributed by atoms with van der Waals surface area (Å²) in [7, 11) is 0. The van der Waals surface area contributed by atoms with Crippen molar-refractivity contribution in [1.29, 1.82) is 0 Å². The SMILES string of the molecule is CCCCCCCCC=CCCCCCCCC(=O)CC(N)C(O)O.Cl. The first-order valence-electron chi connectivity index (χ1n) is 10.4. The van der Waals surface area contributed by atoms with E-state index in [2.05, 4.69) is 19.1 Å². The van der Waals surface area contributed by atoms with E-state index in [4.69, 9.17) is 15.9 Å². The lowest BCUT2D eigenvalue weighted by Crippen LogP contribution is -2.36. The smallest absolute Gasteiger partial charge is 0.167 e. The molecule has 1 unspecified atom stereocenters. The van der Waals surface area contributed by atoms with Crippen molar-refractivity contribution in [2.24, 2.45) is 5.73 Å². The first kappa shape index (κ1) is 27.8. The summed E-state index contributed by atoms with van der Waals surface area (Å²) in [4.78, 5) is 11.6. The van der Waals surface area contributed by atoms with Crippen LogP contribution in [0.3, 0.4) is 0 Å². The van der Waals surface area contributed by atoms with Gasteiger partial charge in [0.15, 0.2) is 6.29 Å². The lowest BCUT2D eigenvalue weighted by molar-refractivity contribution is -0.123. The van der Waals surface area contributed by atoms with Gasteiger partial charge in [-0.3, -0.25) is 4.79 Å². The molecule has 5 heteroatoms. The molecule has 0 saturated heterocycles. The van der Waals surface area contributed by atoms with E-state index in [1.165, 1.54) is 57.8 Å². The number of unbranched alkanes of at least 4 members (excludes halogenated alkanes) is 11. The maximum atomic E-state index is 11.6. The first-order chi connectivity index (χ1) is 12.1. The molecule has 4 nitrogen and oxygen atoms in total. The Labute approximate surface area is 167 Å². The molecular formula is C21H42ClNO3. The van der Waals surface area contributed by atoms with Crippen LogP contribution in [0, 0.1) is 0 Å². The van der Waals surface area contributed by atoms with Gasteiger partial charge in [-0.2, -0.15) is 0 Å². The third-order valence-electron chi connectivity index (χ3n) is 4.56. The summed E-state index contributed by atoms with van der Waals surface area (Å²) in [5, 5.41) is 17.7. The molecule has 0 fully saturated rings. The number of hydrogen-bond donors (Lipinski definition) is 3. The van der Waals surface area contributed by atoms with Gasteiger partial charge in [0, 0.05) is 12.8 Å². The summed E-state index contributed by atoms with van der Waals surface area (Å²) in [5.74, 6) is 0.0261. The van der Waals surface area contributed by atoms with Crippen LogP contribution in [-0.2, 0) is 4.79 Å². The van der Waals surface area contributed by atoms with Crippen LogP contribution in [0.4, 0.5) is 0 Å². The highest BCUT2D eigenvalue weighted by atomic mass is 35.5. The predicted molar refractivity (Wildman–Crippen MR) is 113 cm³/mol. The minimum Gasteiger partial charge on any atom is -0.367 e. The molecule has 4 N–H and O–H groups in total. The van der Waals surface area contributed by atoms with E-state index in [-0.39, 0.29) is 24.6 Å². The number of Topliss-reactive ketones (excluding diaryl/α,β-unsaturated/α-hetero) is 1. The second-order valence-electron chi connectivity index (χ2n) is 7.15. The Morgan fingerprint density at radius 2 is 1.31 bits per heavy atom. The zero-order chi connectivity index (χ0) is 18.8. The van der Waals surface area contributed by atoms with E-state index < -0.39 is 12.3 Å². The van der Waals surface area contributed by atoms with Gasteiger partial charge >= 0.3 is 0 Å². The molecular weight excluding hydrogens is 350 g/mol. The van der Waals surface area contributed by atoms with Gasteiger partial charge in [-0.15, -0.1) is 12.4 Å². The van der Waals surface area contributed by atoms with Gasteiger partial charge in [-0.25, -0.2) is 0 Å². The molecule has 1 atom stereocenters. The number of nitrogens with two attached hydrogens (primary N) is 1. The molecule has 0 aliphatic rings. The highest BCUT2D eigenvalue weighted by Crippen LogP contribution is 2.11. The van der Waals surface area contributed by atoms with Gasteiger partial charge in [0.2, 0.25) is 0 Å². The van der Waals surface area contributed by atoms with Crippen LogP contribution in [0.1, 0.15) is 103 Å². The number of aliphatic hydroxyl groups is 2. The van der Waals surface area contributed by atoms with Crippen molar-refractivity contribution in [3.05, 3.63) is 12.2 Å². The van der Waals surface area contributed by atoms with Crippen molar-refractivity contribution in [1.82, 2.24) is 0 Å². The van der Waals surface area contributed by atoms with Crippen LogP contribution < -0.4 is 5.73 Å². The third-order valence-corrected chi connectivity index (χ3v) is 4.56. The Morgan fingerprint density at radius 1 is 0.846 bits per heavy atom. The van der Waals surface area contributed by atoms with Crippen LogP contribution >= 0.6 is 12.4 Å². The third kappa shape index (κ3) is 19.9. The van der Waals surface area contributed by atoms with Gasteiger partial charge in [0.25, 0.3) is 0 Å². The average Bonchev–Trinajstić information content (AvgIpc) is 2.58. The highest BCUT2D eigenvalue weighted by Gasteiger charge is 2.15. The fourth-order valence-corrected chi connectivity index (χ4v) is 2.86. The molecule has 0 aliphatic carbocycles. The predicted octanol–water partition coefficient (Wildman–Crippen LogP) is 5.04. The van der Waals surface area contributed by atoms with Gasteiger partial charge in [0.1, 0.15) is 5.78 Å². The van der Waals surface area contributed by atoms with Crippen molar-refractivity contribution >= 4 is 18.2 Å². The monoisotopic (exact) mass is 391 g/mol. The van der Waals surface area contributed by atoms with E-state index in [9.17, 15) is 4.79 Å². The molecule has 0 spiro atoms. The van der Waals surface area contributed by atoms with Crippen LogP contribution in [-0.4, -0.2) is 28.3 Å². The normalized spacial score (nSPS) is 12.5. The molecule has 156 valence electrons. The topological polar surface area (TPSA) is 83.6 Å². The standard InChI is InChI=1S/C21H41NO3.ClH/c1-2-3-4-5-6-7-8-9-10-11-12-13-14-15-16-17-19(23)18-20(22)21(24)25;/h9-10,20-21,24-25H,2-8,11-18,22H2,1H3;1H.